The Hall–Kier alpha value is -2.63. The Kier molecular flexibility index (Phi) is 4.14. The lowest BCUT2D eigenvalue weighted by Gasteiger charge is -2.12. The summed E-state index contributed by atoms with van der Waals surface area (Å²) < 4.78 is 0. The molecule has 0 spiro atoms. The Balaban J connectivity index is 2.05. The molecule has 2 amide bonds. The van der Waals surface area contributed by atoms with Gasteiger partial charge < -0.3 is 11.1 Å². The first kappa shape index (κ1) is 13.8. The molecule has 0 saturated heterocycles. The second-order valence-electron chi connectivity index (χ2n) is 4.55. The summed E-state index contributed by atoms with van der Waals surface area (Å²) >= 11 is 0. The van der Waals surface area contributed by atoms with Gasteiger partial charge in [0.1, 0.15) is 0 Å². The minimum atomic E-state index is -0.264. The maximum Gasteiger partial charge on any atom is 0.250 e. The number of benzene rings is 1. The van der Waals surface area contributed by atoms with Crippen LogP contribution in [0.4, 0.5) is 5.69 Å². The average Bonchev–Trinajstić information content (AvgIpc) is 2.39. The Labute approximate surface area is 116 Å². The Morgan fingerprint density at radius 3 is 2.60 bits per heavy atom. The summed E-state index contributed by atoms with van der Waals surface area (Å²) in [5, 5.41) is 6.72. The van der Waals surface area contributed by atoms with Gasteiger partial charge in [0.15, 0.2) is 0 Å². The van der Waals surface area contributed by atoms with Gasteiger partial charge in [0.05, 0.1) is 5.71 Å². The number of nitrogens with two attached hydrogens (primary N) is 1. The molecule has 1 aromatic carbocycles. The molecule has 1 aliphatic rings. The number of carbonyl (C=O) groups excluding carboxylic acids is 2. The van der Waals surface area contributed by atoms with Crippen LogP contribution in [0.2, 0.25) is 0 Å². The fraction of sp³-hybridized carbons (Fsp3) is 0.214. The predicted molar refractivity (Wildman–Crippen MR) is 76.9 cm³/mol. The summed E-state index contributed by atoms with van der Waals surface area (Å²) in [6.45, 7) is 1.65. The highest BCUT2D eigenvalue weighted by atomic mass is 16.2. The van der Waals surface area contributed by atoms with Gasteiger partial charge in [0.2, 0.25) is 11.8 Å². The van der Waals surface area contributed by atoms with E-state index in [0.29, 0.717) is 24.2 Å². The van der Waals surface area contributed by atoms with Crippen molar-refractivity contribution >= 4 is 23.2 Å². The molecule has 4 N–H and O–H groups in total. The van der Waals surface area contributed by atoms with Crippen molar-refractivity contribution in [1.29, 1.82) is 0 Å². The molecule has 0 fully saturated rings. The fourth-order valence-corrected chi connectivity index (χ4v) is 1.81. The lowest BCUT2D eigenvalue weighted by Crippen LogP contribution is -2.25. The van der Waals surface area contributed by atoms with Gasteiger partial charge >= 0.3 is 0 Å². The first-order valence-electron chi connectivity index (χ1n) is 6.25. The number of rotatable bonds is 3. The molecule has 2 rings (SSSR count). The van der Waals surface area contributed by atoms with Crippen molar-refractivity contribution in [2.75, 3.05) is 5.32 Å². The third-order valence-electron chi connectivity index (χ3n) is 2.75. The number of hydrogen-bond acceptors (Lipinski definition) is 4. The predicted octanol–water partition coefficient (Wildman–Crippen LogP) is 1.10. The smallest absolute Gasteiger partial charge is 0.250 e. The van der Waals surface area contributed by atoms with Crippen molar-refractivity contribution in [1.82, 2.24) is 5.43 Å². The summed E-state index contributed by atoms with van der Waals surface area (Å²) in [6.07, 6.45) is 2.39. The molecular weight excluding hydrogens is 256 g/mol. The number of nitrogens with zero attached hydrogens (tertiary/aromatic N) is 1. The molecule has 1 aromatic rings. The Bertz CT molecular complexity index is 584. The highest BCUT2D eigenvalue weighted by Gasteiger charge is 2.13. The van der Waals surface area contributed by atoms with Crippen molar-refractivity contribution in [2.24, 2.45) is 10.8 Å². The molecule has 0 saturated carbocycles. The van der Waals surface area contributed by atoms with E-state index in [-0.39, 0.29) is 11.8 Å². The highest BCUT2D eigenvalue weighted by molar-refractivity contribution is 6.05. The van der Waals surface area contributed by atoms with Gasteiger partial charge in [-0.2, -0.15) is 5.10 Å². The third-order valence-corrected chi connectivity index (χ3v) is 2.75. The molecule has 6 nitrogen and oxygen atoms in total. The molecule has 20 heavy (non-hydrogen) atoms. The zero-order valence-corrected chi connectivity index (χ0v) is 11.1. The summed E-state index contributed by atoms with van der Waals surface area (Å²) in [5.41, 5.74) is 10.8. The van der Waals surface area contributed by atoms with Crippen LogP contribution in [-0.4, -0.2) is 17.5 Å². The van der Waals surface area contributed by atoms with E-state index in [1.165, 1.54) is 6.08 Å². The first-order chi connectivity index (χ1) is 9.54. The maximum atomic E-state index is 11.5. The zero-order valence-electron chi connectivity index (χ0n) is 11.1. The molecule has 0 aliphatic carbocycles. The van der Waals surface area contributed by atoms with Crippen LogP contribution < -0.4 is 16.5 Å². The number of amides is 2. The Morgan fingerprint density at radius 2 is 2.05 bits per heavy atom. The number of hydrogen-bond donors (Lipinski definition) is 3. The molecule has 0 unspecified atom stereocenters. The molecule has 6 heteroatoms. The summed E-state index contributed by atoms with van der Waals surface area (Å²) in [4.78, 5) is 22.5. The molecule has 0 atom stereocenters. The van der Waals surface area contributed by atoms with Crippen LogP contribution in [-0.2, 0) is 9.59 Å². The van der Waals surface area contributed by atoms with E-state index in [9.17, 15) is 9.59 Å². The number of anilines is 1. The number of carbonyl (C=O) groups is 2. The van der Waals surface area contributed by atoms with Crippen LogP contribution >= 0.6 is 0 Å². The van der Waals surface area contributed by atoms with E-state index >= 15 is 0 Å². The maximum absolute atomic E-state index is 11.5. The lowest BCUT2D eigenvalue weighted by atomic mass is 10.0. The van der Waals surface area contributed by atoms with Crippen LogP contribution in [0, 0.1) is 0 Å². The normalized spacial score (nSPS) is 15.3. The van der Waals surface area contributed by atoms with Gasteiger partial charge in [-0.3, -0.25) is 9.59 Å². The van der Waals surface area contributed by atoms with Crippen LogP contribution in [0.3, 0.4) is 0 Å². The molecule has 104 valence electrons. The van der Waals surface area contributed by atoms with Crippen LogP contribution in [0.5, 0.6) is 0 Å². The standard InChI is InChI=1S/C14H16N4O2/c1-9(15)8-14(20)16-11-4-2-10(3-5-11)12-6-7-13(19)18-17-12/h2-5,8H,6-7,15H2,1H3,(H,16,20)(H,18,19). The minimum Gasteiger partial charge on any atom is -0.402 e. The van der Waals surface area contributed by atoms with Crippen LogP contribution in [0.25, 0.3) is 0 Å². The molecular formula is C14H16N4O2. The fourth-order valence-electron chi connectivity index (χ4n) is 1.81. The third kappa shape index (κ3) is 3.68. The van der Waals surface area contributed by atoms with Crippen LogP contribution in [0.15, 0.2) is 41.1 Å². The highest BCUT2D eigenvalue weighted by Crippen LogP contribution is 2.14. The van der Waals surface area contributed by atoms with E-state index in [1.54, 1.807) is 19.1 Å². The van der Waals surface area contributed by atoms with E-state index < -0.39 is 0 Å². The van der Waals surface area contributed by atoms with Gasteiger partial charge in [0.25, 0.3) is 0 Å². The van der Waals surface area contributed by atoms with Crippen molar-refractivity contribution in [3.05, 3.63) is 41.6 Å². The summed E-state index contributed by atoms with van der Waals surface area (Å²) in [5.74, 6) is -0.332. The average molecular weight is 272 g/mol. The molecule has 1 aliphatic heterocycles. The SMILES string of the molecule is CC(N)=CC(=O)Nc1ccc(C2=NNC(=O)CC2)cc1. The van der Waals surface area contributed by atoms with Gasteiger partial charge in [0, 0.05) is 30.3 Å². The summed E-state index contributed by atoms with van der Waals surface area (Å²) in [6, 6.07) is 7.27. The van der Waals surface area contributed by atoms with Gasteiger partial charge in [-0.1, -0.05) is 12.1 Å². The number of hydrazone groups is 1. The van der Waals surface area contributed by atoms with E-state index in [4.69, 9.17) is 5.73 Å². The summed E-state index contributed by atoms with van der Waals surface area (Å²) in [7, 11) is 0. The topological polar surface area (TPSA) is 96.6 Å². The molecule has 1 heterocycles. The van der Waals surface area contributed by atoms with Crippen LogP contribution in [0.1, 0.15) is 25.3 Å². The van der Waals surface area contributed by atoms with Crippen molar-refractivity contribution < 1.29 is 9.59 Å². The van der Waals surface area contributed by atoms with Gasteiger partial charge in [-0.05, 0) is 24.6 Å². The Morgan fingerprint density at radius 1 is 1.35 bits per heavy atom. The number of allylic oxidation sites excluding steroid dienone is 1. The molecule has 0 radical (unpaired) electrons. The molecule has 0 aromatic heterocycles. The monoisotopic (exact) mass is 272 g/mol. The van der Waals surface area contributed by atoms with Crippen molar-refractivity contribution in [3.63, 3.8) is 0 Å². The lowest BCUT2D eigenvalue weighted by molar-refractivity contribution is -0.121. The van der Waals surface area contributed by atoms with E-state index in [2.05, 4.69) is 15.8 Å². The van der Waals surface area contributed by atoms with E-state index in [0.717, 1.165) is 11.3 Å². The van der Waals surface area contributed by atoms with Crippen molar-refractivity contribution in [2.45, 2.75) is 19.8 Å². The van der Waals surface area contributed by atoms with E-state index in [1.807, 2.05) is 12.1 Å². The first-order valence-corrected chi connectivity index (χ1v) is 6.25. The van der Waals surface area contributed by atoms with Gasteiger partial charge in [-0.25, -0.2) is 5.43 Å². The quantitative estimate of drug-likeness (QED) is 0.719. The second-order valence-corrected chi connectivity index (χ2v) is 4.55. The van der Waals surface area contributed by atoms with Gasteiger partial charge in [-0.15, -0.1) is 0 Å². The van der Waals surface area contributed by atoms with Crippen molar-refractivity contribution in [3.8, 4) is 0 Å². The second kappa shape index (κ2) is 6.01. The molecule has 0 bridgehead atoms. The minimum absolute atomic E-state index is 0.0680. The number of nitrogens with one attached hydrogen (secondary N) is 2. The largest absolute Gasteiger partial charge is 0.402 e. The zero-order chi connectivity index (χ0) is 14.5.